The Bertz CT molecular complexity index is 642. The summed E-state index contributed by atoms with van der Waals surface area (Å²) in [7, 11) is 0. The van der Waals surface area contributed by atoms with Crippen LogP contribution in [0.2, 0.25) is 0 Å². The third-order valence-electron chi connectivity index (χ3n) is 6.10. The first-order chi connectivity index (χ1) is 12.6. The van der Waals surface area contributed by atoms with Gasteiger partial charge in [0.05, 0.1) is 0 Å². The summed E-state index contributed by atoms with van der Waals surface area (Å²) < 4.78 is 0. The average molecular weight is 357 g/mol. The van der Waals surface area contributed by atoms with Crippen LogP contribution in [-0.4, -0.2) is 29.8 Å². The van der Waals surface area contributed by atoms with E-state index in [-0.39, 0.29) is 17.7 Å². The lowest BCUT2D eigenvalue weighted by Gasteiger charge is -2.33. The average Bonchev–Trinajstić information content (AvgIpc) is 2.69. The molecule has 4 nitrogen and oxygen atoms in total. The van der Waals surface area contributed by atoms with Crippen LogP contribution in [-0.2, 0) is 16.0 Å². The van der Waals surface area contributed by atoms with Crippen LogP contribution >= 0.6 is 0 Å². The van der Waals surface area contributed by atoms with E-state index >= 15 is 0 Å². The number of carbonyl (C=O) groups excluding carboxylic acids is 2. The lowest BCUT2D eigenvalue weighted by atomic mass is 9.80. The molecule has 26 heavy (non-hydrogen) atoms. The maximum absolute atomic E-state index is 12.8. The molecule has 1 aliphatic carbocycles. The van der Waals surface area contributed by atoms with Crippen molar-refractivity contribution in [2.45, 2.75) is 65.2 Å². The molecule has 1 aromatic carbocycles. The minimum absolute atomic E-state index is 0.0321. The van der Waals surface area contributed by atoms with E-state index in [1.165, 1.54) is 12.0 Å². The Labute approximate surface area is 157 Å². The number of piperidine rings is 1. The van der Waals surface area contributed by atoms with Gasteiger partial charge >= 0.3 is 0 Å². The normalized spacial score (nSPS) is 23.5. The third kappa shape index (κ3) is 4.28. The van der Waals surface area contributed by atoms with Crippen LogP contribution in [0.25, 0.3) is 0 Å². The molecule has 0 atom stereocenters. The van der Waals surface area contributed by atoms with Crippen molar-refractivity contribution in [2.24, 2.45) is 11.8 Å². The topological polar surface area (TPSA) is 49.4 Å². The highest BCUT2D eigenvalue weighted by molar-refractivity contribution is 5.94. The number of para-hydroxylation sites is 1. The number of hydrogen-bond acceptors (Lipinski definition) is 2. The molecule has 0 bridgehead atoms. The van der Waals surface area contributed by atoms with E-state index in [2.05, 4.69) is 23.2 Å². The molecule has 2 fully saturated rings. The van der Waals surface area contributed by atoms with Crippen LogP contribution in [0.4, 0.5) is 5.69 Å². The first kappa shape index (κ1) is 18.9. The van der Waals surface area contributed by atoms with Gasteiger partial charge < -0.3 is 10.2 Å². The molecule has 1 saturated heterocycles. The number of aryl methyl sites for hydroxylation is 2. The smallest absolute Gasteiger partial charge is 0.227 e. The summed E-state index contributed by atoms with van der Waals surface area (Å²) in [6, 6.07) is 6.17. The van der Waals surface area contributed by atoms with Crippen LogP contribution in [0.5, 0.6) is 0 Å². The molecule has 3 rings (SSSR count). The molecule has 1 N–H and O–H groups in total. The third-order valence-corrected chi connectivity index (χ3v) is 6.10. The van der Waals surface area contributed by atoms with Gasteiger partial charge in [0.15, 0.2) is 0 Å². The van der Waals surface area contributed by atoms with Crippen LogP contribution in [0, 0.1) is 18.8 Å². The van der Waals surface area contributed by atoms with Gasteiger partial charge in [-0.1, -0.05) is 25.1 Å². The van der Waals surface area contributed by atoms with Crippen molar-refractivity contribution in [2.75, 3.05) is 18.4 Å². The first-order valence-electron chi connectivity index (χ1n) is 10.3. The SMILES string of the molecule is CCc1cccc(C)c1NC(=O)C1CCC(C(=O)N2CCCCC2)CC1. The minimum atomic E-state index is 0.0321. The Hall–Kier alpha value is -1.84. The molecule has 1 aliphatic heterocycles. The number of nitrogens with one attached hydrogen (secondary N) is 1. The minimum Gasteiger partial charge on any atom is -0.342 e. The zero-order valence-corrected chi connectivity index (χ0v) is 16.2. The van der Waals surface area contributed by atoms with Crippen molar-refractivity contribution in [3.8, 4) is 0 Å². The molecule has 0 spiro atoms. The van der Waals surface area contributed by atoms with Gasteiger partial charge in [-0.2, -0.15) is 0 Å². The van der Waals surface area contributed by atoms with Crippen LogP contribution in [0.3, 0.4) is 0 Å². The van der Waals surface area contributed by atoms with Crippen molar-refractivity contribution < 1.29 is 9.59 Å². The Morgan fingerprint density at radius 1 is 1.04 bits per heavy atom. The van der Waals surface area contributed by atoms with Crippen molar-refractivity contribution in [3.63, 3.8) is 0 Å². The molecule has 0 aromatic heterocycles. The van der Waals surface area contributed by atoms with Gasteiger partial charge in [0.25, 0.3) is 0 Å². The molecule has 1 saturated carbocycles. The van der Waals surface area contributed by atoms with Crippen molar-refractivity contribution in [1.82, 2.24) is 4.90 Å². The number of rotatable bonds is 4. The number of amides is 2. The van der Waals surface area contributed by atoms with Crippen LogP contribution < -0.4 is 5.32 Å². The van der Waals surface area contributed by atoms with E-state index in [4.69, 9.17) is 0 Å². The Morgan fingerprint density at radius 2 is 1.69 bits per heavy atom. The van der Waals surface area contributed by atoms with Gasteiger partial charge in [-0.05, 0) is 69.4 Å². The fourth-order valence-electron chi connectivity index (χ4n) is 4.40. The van der Waals surface area contributed by atoms with E-state index in [0.29, 0.717) is 5.91 Å². The van der Waals surface area contributed by atoms with Gasteiger partial charge in [0.2, 0.25) is 11.8 Å². The van der Waals surface area contributed by atoms with Gasteiger partial charge in [-0.15, -0.1) is 0 Å². The second-order valence-corrected chi connectivity index (χ2v) is 7.89. The molecule has 1 heterocycles. The molecule has 2 amide bonds. The Morgan fingerprint density at radius 3 is 2.35 bits per heavy atom. The Kier molecular flexibility index (Phi) is 6.33. The standard InChI is InChI=1S/C22H32N2O2/c1-3-17-9-7-8-16(2)20(17)23-21(25)18-10-12-19(13-11-18)22(26)24-14-5-4-6-15-24/h7-9,18-19H,3-6,10-15H2,1-2H3,(H,23,25). The molecule has 0 unspecified atom stereocenters. The molecular weight excluding hydrogens is 324 g/mol. The maximum atomic E-state index is 12.8. The summed E-state index contributed by atoms with van der Waals surface area (Å²) in [5, 5.41) is 3.17. The summed E-state index contributed by atoms with van der Waals surface area (Å²) in [5.41, 5.74) is 3.28. The number of hydrogen-bond donors (Lipinski definition) is 1. The van der Waals surface area contributed by atoms with E-state index in [1.54, 1.807) is 0 Å². The Balaban J connectivity index is 1.55. The predicted molar refractivity (Wildman–Crippen MR) is 105 cm³/mol. The molecule has 1 aromatic rings. The largest absolute Gasteiger partial charge is 0.342 e. The van der Waals surface area contributed by atoms with E-state index in [1.807, 2.05) is 19.1 Å². The summed E-state index contributed by atoms with van der Waals surface area (Å²) in [4.78, 5) is 27.5. The fourth-order valence-corrected chi connectivity index (χ4v) is 4.40. The number of likely N-dealkylation sites (tertiary alicyclic amines) is 1. The summed E-state index contributed by atoms with van der Waals surface area (Å²) in [5.74, 6) is 0.611. The molecule has 0 radical (unpaired) electrons. The summed E-state index contributed by atoms with van der Waals surface area (Å²) >= 11 is 0. The van der Waals surface area contributed by atoms with Gasteiger partial charge in [-0.25, -0.2) is 0 Å². The van der Waals surface area contributed by atoms with Crippen LogP contribution in [0.15, 0.2) is 18.2 Å². The lowest BCUT2D eigenvalue weighted by molar-refractivity contribution is -0.138. The highest BCUT2D eigenvalue weighted by Gasteiger charge is 2.32. The second-order valence-electron chi connectivity index (χ2n) is 7.89. The van der Waals surface area contributed by atoms with Crippen molar-refractivity contribution in [3.05, 3.63) is 29.3 Å². The van der Waals surface area contributed by atoms with E-state index in [9.17, 15) is 9.59 Å². The highest BCUT2D eigenvalue weighted by atomic mass is 16.2. The van der Waals surface area contributed by atoms with Crippen molar-refractivity contribution in [1.29, 1.82) is 0 Å². The molecule has 4 heteroatoms. The monoisotopic (exact) mass is 356 g/mol. The summed E-state index contributed by atoms with van der Waals surface area (Å²) in [6.07, 6.45) is 7.78. The van der Waals surface area contributed by atoms with Gasteiger partial charge in [0.1, 0.15) is 0 Å². The van der Waals surface area contributed by atoms with Gasteiger partial charge in [0, 0.05) is 30.6 Å². The number of nitrogens with zero attached hydrogens (tertiary/aromatic N) is 1. The zero-order valence-electron chi connectivity index (χ0n) is 16.2. The van der Waals surface area contributed by atoms with Crippen molar-refractivity contribution >= 4 is 17.5 Å². The molecule has 2 aliphatic rings. The maximum Gasteiger partial charge on any atom is 0.227 e. The predicted octanol–water partition coefficient (Wildman–Crippen LogP) is 4.31. The number of benzene rings is 1. The quantitative estimate of drug-likeness (QED) is 0.874. The van der Waals surface area contributed by atoms with E-state index < -0.39 is 0 Å². The lowest BCUT2D eigenvalue weighted by Crippen LogP contribution is -2.41. The molecular formula is C22H32N2O2. The van der Waals surface area contributed by atoms with Gasteiger partial charge in [-0.3, -0.25) is 9.59 Å². The highest BCUT2D eigenvalue weighted by Crippen LogP contribution is 2.32. The van der Waals surface area contributed by atoms with Crippen LogP contribution in [0.1, 0.15) is 63.0 Å². The zero-order chi connectivity index (χ0) is 18.5. The second kappa shape index (κ2) is 8.70. The fraction of sp³-hybridized carbons (Fsp3) is 0.636. The first-order valence-corrected chi connectivity index (χ1v) is 10.3. The summed E-state index contributed by atoms with van der Waals surface area (Å²) in [6.45, 7) is 6.00. The number of carbonyl (C=O) groups is 2. The number of anilines is 1. The van der Waals surface area contributed by atoms with E-state index in [0.717, 1.165) is 69.3 Å². The molecule has 142 valence electrons.